The monoisotopic (exact) mass is 264 g/mol. The molecule has 1 aromatic rings. The van der Waals surface area contributed by atoms with Gasteiger partial charge in [-0.1, -0.05) is 25.1 Å². The van der Waals surface area contributed by atoms with E-state index in [0.717, 1.165) is 17.7 Å². The Bertz CT molecular complexity index is 418. The van der Waals surface area contributed by atoms with E-state index in [1.807, 2.05) is 45.2 Å². The minimum atomic E-state index is -0.150. The van der Waals surface area contributed by atoms with Crippen LogP contribution in [0.5, 0.6) is 5.75 Å². The van der Waals surface area contributed by atoms with Crippen molar-refractivity contribution in [3.05, 3.63) is 29.8 Å². The highest BCUT2D eigenvalue weighted by molar-refractivity contribution is 5.78. The van der Waals surface area contributed by atoms with Gasteiger partial charge >= 0.3 is 0 Å². The fraction of sp³-hybridized carbons (Fsp3) is 0.533. The van der Waals surface area contributed by atoms with Gasteiger partial charge in [0.1, 0.15) is 5.75 Å². The number of nitrogens with two attached hydrogens (primary N) is 1. The van der Waals surface area contributed by atoms with E-state index >= 15 is 0 Å². The summed E-state index contributed by atoms with van der Waals surface area (Å²) in [6.45, 7) is 4.39. The van der Waals surface area contributed by atoms with Crippen molar-refractivity contribution in [3.63, 3.8) is 0 Å². The number of para-hydroxylation sites is 1. The van der Waals surface area contributed by atoms with E-state index in [0.29, 0.717) is 6.54 Å². The number of nitrogens with zero attached hydrogens (tertiary/aromatic N) is 1. The molecule has 106 valence electrons. The van der Waals surface area contributed by atoms with E-state index in [9.17, 15) is 4.79 Å². The molecule has 2 N–H and O–H groups in total. The average molecular weight is 264 g/mol. The lowest BCUT2D eigenvalue weighted by Gasteiger charge is -2.23. The van der Waals surface area contributed by atoms with Crippen LogP contribution in [-0.2, 0) is 11.2 Å². The van der Waals surface area contributed by atoms with Crippen LogP contribution >= 0.6 is 0 Å². The van der Waals surface area contributed by atoms with Crippen molar-refractivity contribution in [2.24, 2.45) is 11.7 Å². The molecule has 1 aromatic carbocycles. The summed E-state index contributed by atoms with van der Waals surface area (Å²) in [5, 5.41) is 0. The molecule has 1 amide bonds. The first-order valence-corrected chi connectivity index (χ1v) is 6.59. The lowest BCUT2D eigenvalue weighted by Crippen LogP contribution is -2.40. The van der Waals surface area contributed by atoms with E-state index in [2.05, 4.69) is 0 Å². The third-order valence-corrected chi connectivity index (χ3v) is 3.46. The first-order valence-electron chi connectivity index (χ1n) is 6.59. The van der Waals surface area contributed by atoms with Gasteiger partial charge < -0.3 is 15.4 Å². The van der Waals surface area contributed by atoms with Crippen molar-refractivity contribution in [2.45, 2.75) is 26.3 Å². The zero-order valence-corrected chi connectivity index (χ0v) is 12.2. The van der Waals surface area contributed by atoms with Gasteiger partial charge in [-0.05, 0) is 25.0 Å². The molecular weight excluding hydrogens is 240 g/mol. The largest absolute Gasteiger partial charge is 0.496 e. The van der Waals surface area contributed by atoms with Gasteiger partial charge in [0, 0.05) is 19.6 Å². The van der Waals surface area contributed by atoms with Crippen LogP contribution in [0.3, 0.4) is 0 Å². The third kappa shape index (κ3) is 4.24. The average Bonchev–Trinajstić information content (AvgIpc) is 2.43. The van der Waals surface area contributed by atoms with Crippen LogP contribution in [0.2, 0.25) is 0 Å². The first-order chi connectivity index (χ1) is 8.97. The molecule has 0 aromatic heterocycles. The molecule has 0 aliphatic heterocycles. The number of amides is 1. The Kier molecular flexibility index (Phi) is 5.83. The third-order valence-electron chi connectivity index (χ3n) is 3.46. The van der Waals surface area contributed by atoms with Crippen molar-refractivity contribution in [1.82, 2.24) is 4.90 Å². The van der Waals surface area contributed by atoms with Crippen molar-refractivity contribution in [1.29, 1.82) is 0 Å². The number of rotatable bonds is 6. The standard InChI is InChI=1S/C15H24N2O2/c1-11(12(2)16)15(18)17(3)10-9-13-7-5-6-8-14(13)19-4/h5-8,11-12H,9-10,16H2,1-4H3. The Balaban J connectivity index is 2.59. The zero-order chi connectivity index (χ0) is 14.4. The maximum absolute atomic E-state index is 12.1. The fourth-order valence-electron chi connectivity index (χ4n) is 1.88. The van der Waals surface area contributed by atoms with Gasteiger partial charge in [0.2, 0.25) is 5.91 Å². The first kappa shape index (κ1) is 15.5. The fourth-order valence-corrected chi connectivity index (χ4v) is 1.88. The van der Waals surface area contributed by atoms with Gasteiger partial charge in [-0.15, -0.1) is 0 Å². The summed E-state index contributed by atoms with van der Waals surface area (Å²) in [5.74, 6) is 0.802. The van der Waals surface area contributed by atoms with Crippen molar-refractivity contribution < 1.29 is 9.53 Å². The molecule has 0 radical (unpaired) electrons. The minimum Gasteiger partial charge on any atom is -0.496 e. The highest BCUT2D eigenvalue weighted by atomic mass is 16.5. The predicted molar refractivity (Wildman–Crippen MR) is 77.1 cm³/mol. The van der Waals surface area contributed by atoms with Gasteiger partial charge in [0.15, 0.2) is 0 Å². The Labute approximate surface area is 115 Å². The second-order valence-corrected chi connectivity index (χ2v) is 4.97. The maximum atomic E-state index is 12.1. The lowest BCUT2D eigenvalue weighted by atomic mass is 10.0. The SMILES string of the molecule is COc1ccccc1CCN(C)C(=O)C(C)C(C)N. The van der Waals surface area contributed by atoms with Crippen LogP contribution in [0.4, 0.5) is 0 Å². The number of benzene rings is 1. The van der Waals surface area contributed by atoms with Gasteiger partial charge in [-0.3, -0.25) is 4.79 Å². The van der Waals surface area contributed by atoms with Gasteiger partial charge in [-0.2, -0.15) is 0 Å². The zero-order valence-electron chi connectivity index (χ0n) is 12.2. The summed E-state index contributed by atoms with van der Waals surface area (Å²) in [6, 6.07) is 7.74. The second-order valence-electron chi connectivity index (χ2n) is 4.97. The predicted octanol–water partition coefficient (Wildman–Crippen LogP) is 1.68. The number of hydrogen-bond donors (Lipinski definition) is 1. The maximum Gasteiger partial charge on any atom is 0.226 e. The quantitative estimate of drug-likeness (QED) is 0.850. The molecule has 0 heterocycles. The number of ether oxygens (including phenoxy) is 1. The molecule has 0 bridgehead atoms. The molecule has 19 heavy (non-hydrogen) atoms. The van der Waals surface area contributed by atoms with Crippen LogP contribution in [0.25, 0.3) is 0 Å². The highest BCUT2D eigenvalue weighted by Gasteiger charge is 2.20. The molecule has 2 atom stereocenters. The van der Waals surface area contributed by atoms with Gasteiger partial charge in [0.25, 0.3) is 0 Å². The number of carbonyl (C=O) groups excluding carboxylic acids is 1. The second kappa shape index (κ2) is 7.14. The van der Waals surface area contributed by atoms with E-state index < -0.39 is 0 Å². The van der Waals surface area contributed by atoms with Gasteiger partial charge in [0.05, 0.1) is 13.0 Å². The lowest BCUT2D eigenvalue weighted by molar-refractivity contribution is -0.134. The summed E-state index contributed by atoms with van der Waals surface area (Å²) < 4.78 is 5.30. The summed E-state index contributed by atoms with van der Waals surface area (Å²) in [5.41, 5.74) is 6.87. The summed E-state index contributed by atoms with van der Waals surface area (Å²) >= 11 is 0. The van der Waals surface area contributed by atoms with Crippen molar-refractivity contribution in [2.75, 3.05) is 20.7 Å². The molecule has 4 nitrogen and oxygen atoms in total. The smallest absolute Gasteiger partial charge is 0.226 e. The summed E-state index contributed by atoms with van der Waals surface area (Å²) in [6.07, 6.45) is 0.776. The van der Waals surface area contributed by atoms with E-state index in [1.165, 1.54) is 0 Å². The summed E-state index contributed by atoms with van der Waals surface area (Å²) in [4.78, 5) is 13.8. The molecule has 0 saturated heterocycles. The van der Waals surface area contributed by atoms with Gasteiger partial charge in [-0.25, -0.2) is 0 Å². The van der Waals surface area contributed by atoms with Crippen LogP contribution in [0.1, 0.15) is 19.4 Å². The Hall–Kier alpha value is -1.55. The molecule has 0 aliphatic carbocycles. The topological polar surface area (TPSA) is 55.6 Å². The van der Waals surface area contributed by atoms with Crippen LogP contribution < -0.4 is 10.5 Å². The Morgan fingerprint density at radius 3 is 2.58 bits per heavy atom. The molecule has 0 fully saturated rings. The van der Waals surface area contributed by atoms with E-state index in [-0.39, 0.29) is 17.9 Å². The van der Waals surface area contributed by atoms with Crippen molar-refractivity contribution >= 4 is 5.91 Å². The molecule has 1 rings (SSSR count). The number of likely N-dealkylation sites (N-methyl/N-ethyl adjacent to an activating group) is 1. The molecule has 2 unspecified atom stereocenters. The normalized spacial score (nSPS) is 13.7. The minimum absolute atomic E-state index is 0.0879. The summed E-state index contributed by atoms with van der Waals surface area (Å²) in [7, 11) is 3.47. The number of hydrogen-bond acceptors (Lipinski definition) is 3. The molecule has 0 saturated carbocycles. The Morgan fingerprint density at radius 2 is 2.00 bits per heavy atom. The van der Waals surface area contributed by atoms with Crippen LogP contribution in [-0.4, -0.2) is 37.6 Å². The molecule has 0 aliphatic rings. The van der Waals surface area contributed by atoms with E-state index in [1.54, 1.807) is 12.0 Å². The van der Waals surface area contributed by atoms with Crippen molar-refractivity contribution in [3.8, 4) is 5.75 Å². The highest BCUT2D eigenvalue weighted by Crippen LogP contribution is 2.18. The number of carbonyl (C=O) groups is 1. The molecule has 0 spiro atoms. The molecule has 4 heteroatoms. The molecular formula is C15H24N2O2. The van der Waals surface area contributed by atoms with Crippen LogP contribution in [0.15, 0.2) is 24.3 Å². The van der Waals surface area contributed by atoms with E-state index in [4.69, 9.17) is 10.5 Å². The van der Waals surface area contributed by atoms with Crippen LogP contribution in [0, 0.1) is 5.92 Å². The Morgan fingerprint density at radius 1 is 1.37 bits per heavy atom. The number of methoxy groups -OCH3 is 1.